The van der Waals surface area contributed by atoms with E-state index in [1.807, 2.05) is 12.1 Å². The SMILES string of the molecule is CC(C)CCOc1cccc(C(=O)NC(=S)N2CCCCC2)c1. The van der Waals surface area contributed by atoms with Gasteiger partial charge in [0.15, 0.2) is 5.11 Å². The van der Waals surface area contributed by atoms with E-state index in [0.29, 0.717) is 23.2 Å². The second-order valence-corrected chi connectivity index (χ2v) is 6.75. The van der Waals surface area contributed by atoms with E-state index in [1.165, 1.54) is 6.42 Å². The van der Waals surface area contributed by atoms with Gasteiger partial charge in [-0.25, -0.2) is 0 Å². The minimum absolute atomic E-state index is 0.171. The van der Waals surface area contributed by atoms with Crippen molar-refractivity contribution in [3.05, 3.63) is 29.8 Å². The molecule has 5 heteroatoms. The number of thiocarbonyl (C=S) groups is 1. The summed E-state index contributed by atoms with van der Waals surface area (Å²) in [6, 6.07) is 7.27. The number of carbonyl (C=O) groups is 1. The highest BCUT2D eigenvalue weighted by Crippen LogP contribution is 2.15. The lowest BCUT2D eigenvalue weighted by Gasteiger charge is -2.28. The Morgan fingerprint density at radius 3 is 2.74 bits per heavy atom. The average Bonchev–Trinajstić information content (AvgIpc) is 2.55. The highest BCUT2D eigenvalue weighted by Gasteiger charge is 2.16. The first-order valence-corrected chi connectivity index (χ1v) is 8.80. The monoisotopic (exact) mass is 334 g/mol. The van der Waals surface area contributed by atoms with Gasteiger partial charge in [0.2, 0.25) is 0 Å². The van der Waals surface area contributed by atoms with Crippen LogP contribution in [0.5, 0.6) is 5.75 Å². The number of likely N-dealkylation sites (tertiary alicyclic amines) is 1. The molecule has 0 saturated carbocycles. The predicted octanol–water partition coefficient (Wildman–Crippen LogP) is 3.61. The molecule has 1 aromatic rings. The van der Waals surface area contributed by atoms with E-state index in [2.05, 4.69) is 24.1 Å². The number of nitrogens with one attached hydrogen (secondary N) is 1. The van der Waals surface area contributed by atoms with Crippen LogP contribution in [0, 0.1) is 5.92 Å². The zero-order valence-electron chi connectivity index (χ0n) is 14.0. The minimum atomic E-state index is -0.171. The molecule has 0 unspecified atom stereocenters. The Labute approximate surface area is 144 Å². The molecular weight excluding hydrogens is 308 g/mol. The predicted molar refractivity (Wildman–Crippen MR) is 96.9 cm³/mol. The van der Waals surface area contributed by atoms with Crippen LogP contribution < -0.4 is 10.1 Å². The summed E-state index contributed by atoms with van der Waals surface area (Å²) in [6.07, 6.45) is 4.50. The summed E-state index contributed by atoms with van der Waals surface area (Å²) in [5.74, 6) is 1.15. The summed E-state index contributed by atoms with van der Waals surface area (Å²) in [6.45, 7) is 6.84. The Morgan fingerprint density at radius 1 is 1.30 bits per heavy atom. The van der Waals surface area contributed by atoms with Crippen LogP contribution in [0.3, 0.4) is 0 Å². The number of nitrogens with zero attached hydrogens (tertiary/aromatic N) is 1. The Balaban J connectivity index is 1.89. The number of ether oxygens (including phenoxy) is 1. The van der Waals surface area contributed by atoms with Crippen molar-refractivity contribution in [2.75, 3.05) is 19.7 Å². The lowest BCUT2D eigenvalue weighted by Crippen LogP contribution is -2.44. The first-order valence-electron chi connectivity index (χ1n) is 8.39. The highest BCUT2D eigenvalue weighted by atomic mass is 32.1. The van der Waals surface area contributed by atoms with Crippen LogP contribution in [0.25, 0.3) is 0 Å². The third kappa shape index (κ3) is 5.82. The summed E-state index contributed by atoms with van der Waals surface area (Å²) >= 11 is 5.34. The lowest BCUT2D eigenvalue weighted by atomic mass is 10.1. The number of hydrogen-bond donors (Lipinski definition) is 1. The van der Waals surface area contributed by atoms with Crippen LogP contribution in [0.2, 0.25) is 0 Å². The number of rotatable bonds is 5. The van der Waals surface area contributed by atoms with Crippen molar-refractivity contribution in [2.24, 2.45) is 5.92 Å². The van der Waals surface area contributed by atoms with E-state index < -0.39 is 0 Å². The number of benzene rings is 1. The van der Waals surface area contributed by atoms with Crippen LogP contribution in [-0.2, 0) is 0 Å². The molecule has 0 bridgehead atoms. The zero-order chi connectivity index (χ0) is 16.7. The first kappa shape index (κ1) is 17.7. The summed E-state index contributed by atoms with van der Waals surface area (Å²) in [7, 11) is 0. The van der Waals surface area contributed by atoms with Gasteiger partial charge in [0, 0.05) is 18.7 Å². The molecule has 0 spiro atoms. The largest absolute Gasteiger partial charge is 0.494 e. The normalized spacial score (nSPS) is 14.7. The third-order valence-corrected chi connectivity index (χ3v) is 4.28. The number of hydrogen-bond acceptors (Lipinski definition) is 3. The first-order chi connectivity index (χ1) is 11.1. The molecule has 0 radical (unpaired) electrons. The molecule has 1 fully saturated rings. The Kier molecular flexibility index (Phi) is 6.84. The van der Waals surface area contributed by atoms with E-state index >= 15 is 0 Å². The molecule has 2 rings (SSSR count). The molecule has 23 heavy (non-hydrogen) atoms. The van der Waals surface area contributed by atoms with Gasteiger partial charge in [-0.3, -0.25) is 10.1 Å². The second kappa shape index (κ2) is 8.87. The Hall–Kier alpha value is -1.62. The van der Waals surface area contributed by atoms with E-state index in [4.69, 9.17) is 17.0 Å². The molecule has 1 aliphatic heterocycles. The second-order valence-electron chi connectivity index (χ2n) is 6.37. The number of piperidine rings is 1. The van der Waals surface area contributed by atoms with Crippen LogP contribution in [0.15, 0.2) is 24.3 Å². The molecule has 1 saturated heterocycles. The standard InChI is InChI=1S/C18H26N2O2S/c1-14(2)9-12-22-16-8-6-7-15(13-16)17(21)19-18(23)20-10-4-3-5-11-20/h6-8,13-14H,3-5,9-12H2,1-2H3,(H,19,21,23). The fourth-order valence-electron chi connectivity index (χ4n) is 2.48. The molecule has 126 valence electrons. The third-order valence-electron chi connectivity index (χ3n) is 3.92. The Morgan fingerprint density at radius 2 is 2.04 bits per heavy atom. The van der Waals surface area contributed by atoms with Crippen molar-refractivity contribution in [3.63, 3.8) is 0 Å². The molecule has 0 aromatic heterocycles. The zero-order valence-corrected chi connectivity index (χ0v) is 14.8. The van der Waals surface area contributed by atoms with Gasteiger partial charge in [-0.15, -0.1) is 0 Å². The molecule has 1 N–H and O–H groups in total. The lowest BCUT2D eigenvalue weighted by molar-refractivity contribution is 0.0972. The maximum Gasteiger partial charge on any atom is 0.257 e. The molecular formula is C18H26N2O2S. The van der Waals surface area contributed by atoms with Crippen molar-refractivity contribution in [1.29, 1.82) is 0 Å². The highest BCUT2D eigenvalue weighted by molar-refractivity contribution is 7.80. The average molecular weight is 334 g/mol. The van der Waals surface area contributed by atoms with E-state index in [9.17, 15) is 4.79 Å². The summed E-state index contributed by atoms with van der Waals surface area (Å²) in [5, 5.41) is 3.36. The van der Waals surface area contributed by atoms with Crippen molar-refractivity contribution in [1.82, 2.24) is 10.2 Å². The summed E-state index contributed by atoms with van der Waals surface area (Å²) < 4.78 is 5.71. The maximum absolute atomic E-state index is 12.4. The van der Waals surface area contributed by atoms with Gasteiger partial charge in [-0.2, -0.15) is 0 Å². The fraction of sp³-hybridized carbons (Fsp3) is 0.556. The van der Waals surface area contributed by atoms with Crippen molar-refractivity contribution < 1.29 is 9.53 Å². The van der Waals surface area contributed by atoms with Gasteiger partial charge in [0.1, 0.15) is 5.75 Å². The van der Waals surface area contributed by atoms with E-state index in [0.717, 1.165) is 38.1 Å². The van der Waals surface area contributed by atoms with Gasteiger partial charge in [-0.05, 0) is 62.0 Å². The summed E-state index contributed by atoms with van der Waals surface area (Å²) in [4.78, 5) is 14.4. The maximum atomic E-state index is 12.4. The molecule has 0 atom stereocenters. The molecule has 1 amide bonds. The van der Waals surface area contributed by atoms with Crippen LogP contribution in [-0.4, -0.2) is 35.6 Å². The smallest absolute Gasteiger partial charge is 0.257 e. The molecule has 1 heterocycles. The van der Waals surface area contributed by atoms with Crippen molar-refractivity contribution in [2.45, 2.75) is 39.5 Å². The summed E-state index contributed by atoms with van der Waals surface area (Å²) in [5.41, 5.74) is 0.575. The van der Waals surface area contributed by atoms with Gasteiger partial charge in [0.05, 0.1) is 6.61 Å². The van der Waals surface area contributed by atoms with Gasteiger partial charge >= 0.3 is 0 Å². The number of amides is 1. The Bertz CT molecular complexity index is 540. The molecule has 1 aromatic carbocycles. The van der Waals surface area contributed by atoms with Gasteiger partial charge < -0.3 is 9.64 Å². The van der Waals surface area contributed by atoms with Crippen molar-refractivity contribution >= 4 is 23.2 Å². The van der Waals surface area contributed by atoms with Crippen LogP contribution in [0.4, 0.5) is 0 Å². The van der Waals surface area contributed by atoms with Crippen LogP contribution >= 0.6 is 12.2 Å². The van der Waals surface area contributed by atoms with E-state index in [-0.39, 0.29) is 5.91 Å². The molecule has 1 aliphatic rings. The fourth-order valence-corrected chi connectivity index (χ4v) is 2.76. The van der Waals surface area contributed by atoms with Crippen LogP contribution in [0.1, 0.15) is 49.9 Å². The van der Waals surface area contributed by atoms with E-state index in [1.54, 1.807) is 12.1 Å². The molecule has 0 aliphatic carbocycles. The quantitative estimate of drug-likeness (QED) is 0.835. The molecule has 4 nitrogen and oxygen atoms in total. The topological polar surface area (TPSA) is 41.6 Å². The van der Waals surface area contributed by atoms with Gasteiger partial charge in [-0.1, -0.05) is 19.9 Å². The minimum Gasteiger partial charge on any atom is -0.494 e. The number of carbonyl (C=O) groups excluding carboxylic acids is 1. The van der Waals surface area contributed by atoms with Gasteiger partial charge in [0.25, 0.3) is 5.91 Å². The van der Waals surface area contributed by atoms with Crippen molar-refractivity contribution in [3.8, 4) is 5.75 Å².